The van der Waals surface area contributed by atoms with Gasteiger partial charge in [0.1, 0.15) is 0 Å². The Bertz CT molecular complexity index is 452. The molecule has 6 nitrogen and oxygen atoms in total. The fourth-order valence-corrected chi connectivity index (χ4v) is 1.50. The zero-order chi connectivity index (χ0) is 12.8. The van der Waals surface area contributed by atoms with Crippen LogP contribution in [0.5, 0.6) is 0 Å². The summed E-state index contributed by atoms with van der Waals surface area (Å²) in [6.07, 6.45) is 4.38. The van der Waals surface area contributed by atoms with Crippen LogP contribution in [0.4, 0.5) is 6.01 Å². The smallest absolute Gasteiger partial charge is 0.315 e. The quantitative estimate of drug-likeness (QED) is 0.785. The fraction of sp³-hybridized carbons (Fsp3) is 0.500. The number of anilines is 1. The van der Waals surface area contributed by atoms with Gasteiger partial charge in [0.2, 0.25) is 5.89 Å². The SMILES string of the molecule is CCCNC(C)c1nnc(NCc2ccoc2)o1. The second kappa shape index (κ2) is 6.20. The normalized spacial score (nSPS) is 12.6. The third-order valence-electron chi connectivity index (χ3n) is 2.54. The maximum atomic E-state index is 5.51. The molecule has 18 heavy (non-hydrogen) atoms. The van der Waals surface area contributed by atoms with Gasteiger partial charge < -0.3 is 19.5 Å². The summed E-state index contributed by atoms with van der Waals surface area (Å²) in [5.41, 5.74) is 1.03. The highest BCUT2D eigenvalue weighted by Gasteiger charge is 2.12. The number of furan rings is 1. The van der Waals surface area contributed by atoms with E-state index in [1.54, 1.807) is 12.5 Å². The molecule has 0 aromatic carbocycles. The average molecular weight is 250 g/mol. The van der Waals surface area contributed by atoms with E-state index in [0.717, 1.165) is 18.5 Å². The van der Waals surface area contributed by atoms with Crippen molar-refractivity contribution in [1.82, 2.24) is 15.5 Å². The summed E-state index contributed by atoms with van der Waals surface area (Å²) >= 11 is 0. The van der Waals surface area contributed by atoms with Crippen molar-refractivity contribution >= 4 is 6.01 Å². The van der Waals surface area contributed by atoms with Crippen molar-refractivity contribution in [3.8, 4) is 0 Å². The standard InChI is InChI=1S/C12H18N4O2/c1-3-5-13-9(2)11-15-16-12(18-11)14-7-10-4-6-17-8-10/h4,6,8-9,13H,3,5,7H2,1-2H3,(H,14,16). The minimum absolute atomic E-state index is 0.0712. The third-order valence-corrected chi connectivity index (χ3v) is 2.54. The fourth-order valence-electron chi connectivity index (χ4n) is 1.50. The van der Waals surface area contributed by atoms with Gasteiger partial charge in [0, 0.05) is 12.1 Å². The molecular weight excluding hydrogens is 232 g/mol. The van der Waals surface area contributed by atoms with Gasteiger partial charge in [-0.05, 0) is 26.0 Å². The highest BCUT2D eigenvalue weighted by atomic mass is 16.4. The van der Waals surface area contributed by atoms with Gasteiger partial charge >= 0.3 is 6.01 Å². The molecule has 2 rings (SSSR count). The Hall–Kier alpha value is -1.82. The van der Waals surface area contributed by atoms with Crippen molar-refractivity contribution in [2.75, 3.05) is 11.9 Å². The maximum Gasteiger partial charge on any atom is 0.315 e. The zero-order valence-corrected chi connectivity index (χ0v) is 10.6. The molecule has 0 aliphatic carbocycles. The largest absolute Gasteiger partial charge is 0.472 e. The second-order valence-corrected chi connectivity index (χ2v) is 4.11. The molecule has 0 fully saturated rings. The molecule has 2 aromatic heterocycles. The Labute approximate surface area is 106 Å². The predicted molar refractivity (Wildman–Crippen MR) is 67.0 cm³/mol. The predicted octanol–water partition coefficient (Wildman–Crippen LogP) is 2.34. The summed E-state index contributed by atoms with van der Waals surface area (Å²) in [4.78, 5) is 0. The van der Waals surface area contributed by atoms with Crippen LogP contribution >= 0.6 is 0 Å². The molecule has 0 aliphatic rings. The molecular formula is C12H18N4O2. The average Bonchev–Trinajstić information content (AvgIpc) is 3.04. The first-order valence-corrected chi connectivity index (χ1v) is 6.11. The van der Waals surface area contributed by atoms with Crippen LogP contribution in [0.15, 0.2) is 27.4 Å². The van der Waals surface area contributed by atoms with Crippen molar-refractivity contribution in [3.63, 3.8) is 0 Å². The number of rotatable bonds is 7. The van der Waals surface area contributed by atoms with E-state index < -0.39 is 0 Å². The van der Waals surface area contributed by atoms with Crippen LogP contribution in [0.25, 0.3) is 0 Å². The molecule has 0 spiro atoms. The van der Waals surface area contributed by atoms with Crippen molar-refractivity contribution in [1.29, 1.82) is 0 Å². The first-order chi connectivity index (χ1) is 8.79. The lowest BCUT2D eigenvalue weighted by Gasteiger charge is -2.07. The molecule has 1 unspecified atom stereocenters. The molecule has 2 aromatic rings. The van der Waals surface area contributed by atoms with E-state index in [4.69, 9.17) is 8.83 Å². The monoisotopic (exact) mass is 250 g/mol. The van der Waals surface area contributed by atoms with E-state index in [9.17, 15) is 0 Å². The van der Waals surface area contributed by atoms with Gasteiger partial charge in [0.15, 0.2) is 0 Å². The van der Waals surface area contributed by atoms with Gasteiger partial charge in [-0.2, -0.15) is 0 Å². The first kappa shape index (κ1) is 12.6. The molecule has 0 radical (unpaired) electrons. The highest BCUT2D eigenvalue weighted by molar-refractivity contribution is 5.21. The number of hydrogen-bond acceptors (Lipinski definition) is 6. The van der Waals surface area contributed by atoms with Crippen molar-refractivity contribution < 1.29 is 8.83 Å². The minimum atomic E-state index is 0.0712. The molecule has 0 amide bonds. The van der Waals surface area contributed by atoms with Gasteiger partial charge in [-0.25, -0.2) is 0 Å². The van der Waals surface area contributed by atoms with Gasteiger partial charge in [-0.15, -0.1) is 5.10 Å². The van der Waals surface area contributed by atoms with Gasteiger partial charge in [-0.1, -0.05) is 12.0 Å². The van der Waals surface area contributed by atoms with E-state index in [1.165, 1.54) is 0 Å². The van der Waals surface area contributed by atoms with Crippen LogP contribution in [0.1, 0.15) is 37.8 Å². The minimum Gasteiger partial charge on any atom is -0.472 e. The summed E-state index contributed by atoms with van der Waals surface area (Å²) in [7, 11) is 0. The Kier molecular flexibility index (Phi) is 4.35. The molecule has 1 atom stereocenters. The lowest BCUT2D eigenvalue weighted by Crippen LogP contribution is -2.19. The number of nitrogens with one attached hydrogen (secondary N) is 2. The summed E-state index contributed by atoms with van der Waals surface area (Å²) in [6, 6.07) is 2.38. The van der Waals surface area contributed by atoms with E-state index in [0.29, 0.717) is 18.5 Å². The van der Waals surface area contributed by atoms with E-state index in [1.807, 2.05) is 13.0 Å². The molecule has 98 valence electrons. The van der Waals surface area contributed by atoms with Crippen LogP contribution in [-0.2, 0) is 6.54 Å². The van der Waals surface area contributed by atoms with Crippen molar-refractivity contribution in [3.05, 3.63) is 30.0 Å². The van der Waals surface area contributed by atoms with Gasteiger partial charge in [-0.3, -0.25) is 0 Å². The lowest BCUT2D eigenvalue weighted by atomic mass is 10.3. The van der Waals surface area contributed by atoms with Crippen LogP contribution in [0.2, 0.25) is 0 Å². The molecule has 0 saturated carbocycles. The first-order valence-electron chi connectivity index (χ1n) is 6.11. The van der Waals surface area contributed by atoms with Gasteiger partial charge in [0.25, 0.3) is 0 Å². The Morgan fingerprint density at radius 2 is 2.28 bits per heavy atom. The van der Waals surface area contributed by atoms with Crippen LogP contribution < -0.4 is 10.6 Å². The van der Waals surface area contributed by atoms with Crippen LogP contribution in [0.3, 0.4) is 0 Å². The van der Waals surface area contributed by atoms with Gasteiger partial charge in [0.05, 0.1) is 18.6 Å². The van der Waals surface area contributed by atoms with Crippen molar-refractivity contribution in [2.45, 2.75) is 32.9 Å². The van der Waals surface area contributed by atoms with E-state index in [2.05, 4.69) is 27.8 Å². The van der Waals surface area contributed by atoms with Crippen LogP contribution in [0, 0.1) is 0 Å². The summed E-state index contributed by atoms with van der Waals surface area (Å²) in [6.45, 7) is 5.66. The molecule has 2 heterocycles. The second-order valence-electron chi connectivity index (χ2n) is 4.11. The summed E-state index contributed by atoms with van der Waals surface area (Å²) in [5.74, 6) is 0.596. The molecule has 0 bridgehead atoms. The Balaban J connectivity index is 1.85. The van der Waals surface area contributed by atoms with Crippen molar-refractivity contribution in [2.24, 2.45) is 0 Å². The van der Waals surface area contributed by atoms with E-state index in [-0.39, 0.29) is 6.04 Å². The number of hydrogen-bond donors (Lipinski definition) is 2. The molecule has 2 N–H and O–H groups in total. The summed E-state index contributed by atoms with van der Waals surface area (Å²) < 4.78 is 10.5. The number of nitrogens with zero attached hydrogens (tertiary/aromatic N) is 2. The molecule has 6 heteroatoms. The van der Waals surface area contributed by atoms with Crippen LogP contribution in [-0.4, -0.2) is 16.7 Å². The topological polar surface area (TPSA) is 76.1 Å². The zero-order valence-electron chi connectivity index (χ0n) is 10.6. The third kappa shape index (κ3) is 3.33. The Morgan fingerprint density at radius 1 is 1.39 bits per heavy atom. The summed E-state index contributed by atoms with van der Waals surface area (Å²) in [5, 5.41) is 14.3. The molecule has 0 saturated heterocycles. The maximum absolute atomic E-state index is 5.51. The number of aromatic nitrogens is 2. The van der Waals surface area contributed by atoms with E-state index >= 15 is 0 Å². The highest BCUT2D eigenvalue weighted by Crippen LogP contribution is 2.14. The molecule has 0 aliphatic heterocycles. The lowest BCUT2D eigenvalue weighted by molar-refractivity contribution is 0.423. The Morgan fingerprint density at radius 3 is 3.00 bits per heavy atom.